The third kappa shape index (κ3) is 3.28. The van der Waals surface area contributed by atoms with E-state index in [0.29, 0.717) is 18.1 Å². The highest BCUT2D eigenvalue weighted by atomic mass is 16.5. The van der Waals surface area contributed by atoms with Gasteiger partial charge in [0.25, 0.3) is 0 Å². The fraction of sp³-hybridized carbons (Fsp3) is 0.286. The maximum absolute atomic E-state index is 11.5. The summed E-state index contributed by atoms with van der Waals surface area (Å²) in [4.78, 5) is 23.7. The summed E-state index contributed by atoms with van der Waals surface area (Å²) in [5.41, 5.74) is 2.92. The third-order valence-corrected chi connectivity index (χ3v) is 2.82. The van der Waals surface area contributed by atoms with Gasteiger partial charge in [0, 0.05) is 30.7 Å². The van der Waals surface area contributed by atoms with Crippen LogP contribution in [0.4, 0.5) is 5.82 Å². The largest absolute Gasteiger partial charge is 0.463 e. The molecule has 0 saturated heterocycles. The second-order valence-corrected chi connectivity index (χ2v) is 4.37. The van der Waals surface area contributed by atoms with Gasteiger partial charge in [-0.15, -0.1) is 0 Å². The molecule has 0 fully saturated rings. The number of carbonyl (C=O) groups is 1. The van der Waals surface area contributed by atoms with Crippen LogP contribution in [0.3, 0.4) is 0 Å². The van der Waals surface area contributed by atoms with Crippen LogP contribution in [-0.2, 0) is 11.3 Å². The number of hydrogen-bond donors (Lipinski definition) is 1. The lowest BCUT2D eigenvalue weighted by Crippen LogP contribution is -2.11. The summed E-state index contributed by atoms with van der Waals surface area (Å²) in [6, 6.07) is 3.72. The van der Waals surface area contributed by atoms with Crippen molar-refractivity contribution in [3.8, 4) is 0 Å². The molecule has 2 aromatic rings. The first-order valence-electron chi connectivity index (χ1n) is 6.17. The molecule has 0 spiro atoms. The van der Waals surface area contributed by atoms with E-state index in [2.05, 4.69) is 25.0 Å². The summed E-state index contributed by atoms with van der Waals surface area (Å²) in [6.45, 7) is 4.40. The lowest BCUT2D eigenvalue weighted by atomic mass is 10.1. The molecular weight excluding hydrogens is 256 g/mol. The number of anilines is 1. The van der Waals surface area contributed by atoms with Crippen LogP contribution in [0.2, 0.25) is 0 Å². The van der Waals surface area contributed by atoms with Crippen LogP contribution in [0.15, 0.2) is 24.5 Å². The Bertz CT molecular complexity index is 628. The van der Waals surface area contributed by atoms with Crippen molar-refractivity contribution < 1.29 is 9.53 Å². The van der Waals surface area contributed by atoms with Gasteiger partial charge in [-0.25, -0.2) is 14.8 Å². The molecule has 6 heteroatoms. The average molecular weight is 272 g/mol. The second kappa shape index (κ2) is 6.10. The molecule has 1 N–H and O–H groups in total. The van der Waals surface area contributed by atoms with E-state index >= 15 is 0 Å². The van der Waals surface area contributed by atoms with Crippen molar-refractivity contribution in [1.82, 2.24) is 15.0 Å². The van der Waals surface area contributed by atoms with Gasteiger partial charge in [0.05, 0.1) is 7.11 Å². The third-order valence-electron chi connectivity index (χ3n) is 2.82. The molecule has 0 saturated carbocycles. The molecular formula is C14H16N4O2. The number of ether oxygens (including phenoxy) is 1. The summed E-state index contributed by atoms with van der Waals surface area (Å²) in [6.07, 6.45) is 3.55. The van der Waals surface area contributed by atoms with Crippen LogP contribution in [-0.4, -0.2) is 28.0 Å². The van der Waals surface area contributed by atoms with E-state index in [9.17, 15) is 4.79 Å². The van der Waals surface area contributed by atoms with Crippen LogP contribution in [0.25, 0.3) is 0 Å². The van der Waals surface area contributed by atoms with Gasteiger partial charge in [0.15, 0.2) is 0 Å². The highest BCUT2D eigenvalue weighted by Crippen LogP contribution is 2.11. The van der Waals surface area contributed by atoms with Crippen molar-refractivity contribution in [2.45, 2.75) is 20.4 Å². The van der Waals surface area contributed by atoms with Crippen molar-refractivity contribution in [1.29, 1.82) is 0 Å². The zero-order valence-corrected chi connectivity index (χ0v) is 11.7. The van der Waals surface area contributed by atoms with Crippen molar-refractivity contribution in [3.05, 3.63) is 47.2 Å². The summed E-state index contributed by atoms with van der Waals surface area (Å²) >= 11 is 0. The minimum atomic E-state index is -0.545. The predicted octanol–water partition coefficient (Wildman–Crippen LogP) is 1.89. The molecule has 0 amide bonds. The van der Waals surface area contributed by atoms with Crippen LogP contribution in [0.5, 0.6) is 0 Å². The van der Waals surface area contributed by atoms with E-state index in [1.54, 1.807) is 19.2 Å². The van der Waals surface area contributed by atoms with Gasteiger partial charge in [-0.1, -0.05) is 0 Å². The Balaban J connectivity index is 2.16. The van der Waals surface area contributed by atoms with Gasteiger partial charge in [-0.05, 0) is 31.0 Å². The number of aromatic nitrogens is 3. The van der Waals surface area contributed by atoms with E-state index in [4.69, 9.17) is 0 Å². The van der Waals surface area contributed by atoms with Gasteiger partial charge in [-0.3, -0.25) is 4.98 Å². The highest BCUT2D eigenvalue weighted by Gasteiger charge is 2.11. The second-order valence-electron chi connectivity index (χ2n) is 4.37. The Kier molecular flexibility index (Phi) is 4.24. The number of aryl methyl sites for hydroxylation is 2. The Morgan fingerprint density at radius 2 is 2.15 bits per heavy atom. The quantitative estimate of drug-likeness (QED) is 0.856. The molecule has 6 nitrogen and oxygen atoms in total. The van der Waals surface area contributed by atoms with E-state index in [0.717, 1.165) is 11.1 Å². The monoisotopic (exact) mass is 272 g/mol. The first kappa shape index (κ1) is 13.9. The molecule has 0 aliphatic rings. The number of carbonyl (C=O) groups excluding carboxylic acids is 1. The molecule has 0 bridgehead atoms. The van der Waals surface area contributed by atoms with E-state index in [1.165, 1.54) is 7.11 Å². The molecule has 0 radical (unpaired) electrons. The SMILES string of the molecule is COC(=O)c1nc(C)cc(NCc2ccncc2C)n1. The number of nitrogens with one attached hydrogen (secondary N) is 1. The van der Waals surface area contributed by atoms with Crippen molar-refractivity contribution >= 4 is 11.8 Å². The minimum absolute atomic E-state index is 0.0569. The lowest BCUT2D eigenvalue weighted by Gasteiger charge is -2.09. The van der Waals surface area contributed by atoms with Gasteiger partial charge < -0.3 is 10.1 Å². The molecule has 104 valence electrons. The fourth-order valence-electron chi connectivity index (χ4n) is 1.73. The maximum Gasteiger partial charge on any atom is 0.376 e. The normalized spacial score (nSPS) is 10.2. The Hall–Kier alpha value is -2.50. The smallest absolute Gasteiger partial charge is 0.376 e. The summed E-state index contributed by atoms with van der Waals surface area (Å²) in [5.74, 6) is 0.104. The van der Waals surface area contributed by atoms with Crippen LogP contribution >= 0.6 is 0 Å². The molecule has 0 unspecified atom stereocenters. The van der Waals surface area contributed by atoms with Gasteiger partial charge in [0.2, 0.25) is 5.82 Å². The molecule has 0 aromatic carbocycles. The van der Waals surface area contributed by atoms with Crippen molar-refractivity contribution in [2.75, 3.05) is 12.4 Å². The number of esters is 1. The number of rotatable bonds is 4. The van der Waals surface area contributed by atoms with Crippen molar-refractivity contribution in [2.24, 2.45) is 0 Å². The van der Waals surface area contributed by atoms with Gasteiger partial charge in [-0.2, -0.15) is 0 Å². The summed E-state index contributed by atoms with van der Waals surface area (Å²) < 4.78 is 4.63. The molecule has 2 heterocycles. The van der Waals surface area contributed by atoms with E-state index in [-0.39, 0.29) is 5.82 Å². The molecule has 2 aromatic heterocycles. The lowest BCUT2D eigenvalue weighted by molar-refractivity contribution is 0.0586. The topological polar surface area (TPSA) is 77.0 Å². The van der Waals surface area contributed by atoms with Crippen molar-refractivity contribution in [3.63, 3.8) is 0 Å². The van der Waals surface area contributed by atoms with Crippen LogP contribution in [0.1, 0.15) is 27.4 Å². The van der Waals surface area contributed by atoms with Gasteiger partial charge >= 0.3 is 5.97 Å². The van der Waals surface area contributed by atoms with E-state index < -0.39 is 5.97 Å². The first-order chi connectivity index (χ1) is 9.60. The molecule has 0 aliphatic heterocycles. The fourth-order valence-corrected chi connectivity index (χ4v) is 1.73. The molecule has 0 atom stereocenters. The number of hydrogen-bond acceptors (Lipinski definition) is 6. The Labute approximate surface area is 117 Å². The summed E-state index contributed by atoms with van der Waals surface area (Å²) in [7, 11) is 1.31. The first-order valence-corrected chi connectivity index (χ1v) is 6.17. The van der Waals surface area contributed by atoms with Crippen LogP contribution in [0, 0.1) is 13.8 Å². The minimum Gasteiger partial charge on any atom is -0.463 e. The maximum atomic E-state index is 11.5. The zero-order valence-electron chi connectivity index (χ0n) is 11.7. The molecule has 2 rings (SSSR count). The predicted molar refractivity (Wildman–Crippen MR) is 74.4 cm³/mol. The standard InChI is InChI=1S/C14H16N4O2/c1-9-7-15-5-4-11(9)8-16-12-6-10(2)17-13(18-12)14(19)20-3/h4-7H,8H2,1-3H3,(H,16,17,18). The van der Waals surface area contributed by atoms with Gasteiger partial charge in [0.1, 0.15) is 5.82 Å². The zero-order chi connectivity index (χ0) is 14.5. The average Bonchev–Trinajstić information content (AvgIpc) is 2.45. The molecule has 0 aliphatic carbocycles. The summed E-state index contributed by atoms with van der Waals surface area (Å²) in [5, 5.41) is 3.18. The molecule has 20 heavy (non-hydrogen) atoms. The van der Waals surface area contributed by atoms with E-state index in [1.807, 2.05) is 19.2 Å². The number of methoxy groups -OCH3 is 1. The number of nitrogens with zero attached hydrogens (tertiary/aromatic N) is 3. The van der Waals surface area contributed by atoms with Crippen LogP contribution < -0.4 is 5.32 Å². The number of pyridine rings is 1. The Morgan fingerprint density at radius 1 is 1.35 bits per heavy atom. The highest BCUT2D eigenvalue weighted by molar-refractivity contribution is 5.85. The Morgan fingerprint density at radius 3 is 2.85 bits per heavy atom.